The van der Waals surface area contributed by atoms with Crippen LogP contribution < -0.4 is 15.5 Å². The summed E-state index contributed by atoms with van der Waals surface area (Å²) in [7, 11) is 3.91. The molecule has 0 radical (unpaired) electrons. The van der Waals surface area contributed by atoms with Gasteiger partial charge in [0.05, 0.1) is 0 Å². The minimum absolute atomic E-state index is 0.107. The average molecular weight is 333 g/mol. The van der Waals surface area contributed by atoms with E-state index in [2.05, 4.69) is 27.4 Å². The number of pyridine rings is 1. The zero-order valence-corrected chi connectivity index (χ0v) is 15.2. The van der Waals surface area contributed by atoms with E-state index in [-0.39, 0.29) is 6.03 Å². The second-order valence-corrected chi connectivity index (χ2v) is 6.76. The SMILES string of the molecule is CC1CCCCN1CCCNC(=O)NCc1ccnc(N(C)C)c1. The van der Waals surface area contributed by atoms with Gasteiger partial charge in [-0.15, -0.1) is 0 Å². The molecule has 1 aliphatic rings. The second-order valence-electron chi connectivity index (χ2n) is 6.76. The van der Waals surface area contributed by atoms with E-state index >= 15 is 0 Å². The highest BCUT2D eigenvalue weighted by Gasteiger charge is 2.17. The smallest absolute Gasteiger partial charge is 0.315 e. The molecule has 1 atom stereocenters. The summed E-state index contributed by atoms with van der Waals surface area (Å²) in [4.78, 5) is 20.6. The molecule has 1 unspecified atom stereocenters. The van der Waals surface area contributed by atoms with Gasteiger partial charge in [0.15, 0.2) is 0 Å². The van der Waals surface area contributed by atoms with E-state index in [0.717, 1.165) is 24.3 Å². The zero-order chi connectivity index (χ0) is 17.4. The minimum atomic E-state index is -0.107. The third-order valence-corrected chi connectivity index (χ3v) is 4.57. The summed E-state index contributed by atoms with van der Waals surface area (Å²) in [6.07, 6.45) is 6.72. The summed E-state index contributed by atoms with van der Waals surface area (Å²) in [5.41, 5.74) is 1.05. The van der Waals surface area contributed by atoms with Crippen LogP contribution in [0.15, 0.2) is 18.3 Å². The van der Waals surface area contributed by atoms with Crippen LogP contribution in [0, 0.1) is 0 Å². The number of piperidine rings is 1. The van der Waals surface area contributed by atoms with Crippen molar-refractivity contribution in [3.63, 3.8) is 0 Å². The monoisotopic (exact) mass is 333 g/mol. The van der Waals surface area contributed by atoms with Crippen LogP contribution in [0.3, 0.4) is 0 Å². The van der Waals surface area contributed by atoms with Crippen LogP contribution in [0.25, 0.3) is 0 Å². The molecule has 1 fully saturated rings. The Balaban J connectivity index is 1.62. The Hall–Kier alpha value is -1.82. The molecule has 6 heteroatoms. The van der Waals surface area contributed by atoms with Crippen molar-refractivity contribution in [1.82, 2.24) is 20.5 Å². The van der Waals surface area contributed by atoms with E-state index in [1.54, 1.807) is 6.20 Å². The molecule has 0 aromatic carbocycles. The number of aromatic nitrogens is 1. The molecule has 2 N–H and O–H groups in total. The number of likely N-dealkylation sites (tertiary alicyclic amines) is 1. The van der Waals surface area contributed by atoms with Gasteiger partial charge in [-0.1, -0.05) is 6.42 Å². The molecule has 134 valence electrons. The fourth-order valence-electron chi connectivity index (χ4n) is 3.03. The first-order valence-corrected chi connectivity index (χ1v) is 8.94. The number of carbonyl (C=O) groups is 1. The number of hydrogen-bond donors (Lipinski definition) is 2. The first kappa shape index (κ1) is 18.5. The van der Waals surface area contributed by atoms with E-state index in [1.165, 1.54) is 25.8 Å². The minimum Gasteiger partial charge on any atom is -0.363 e. The lowest BCUT2D eigenvalue weighted by Crippen LogP contribution is -2.40. The predicted octanol–water partition coefficient (Wildman–Crippen LogP) is 2.21. The van der Waals surface area contributed by atoms with Crippen molar-refractivity contribution in [2.75, 3.05) is 38.6 Å². The largest absolute Gasteiger partial charge is 0.363 e. The van der Waals surface area contributed by atoms with Gasteiger partial charge >= 0.3 is 6.03 Å². The molecule has 6 nitrogen and oxygen atoms in total. The van der Waals surface area contributed by atoms with Crippen LogP contribution in [0.2, 0.25) is 0 Å². The number of nitrogens with one attached hydrogen (secondary N) is 2. The number of rotatable bonds is 7. The number of amides is 2. The van der Waals surface area contributed by atoms with Gasteiger partial charge < -0.3 is 20.4 Å². The predicted molar refractivity (Wildman–Crippen MR) is 98.3 cm³/mol. The highest BCUT2D eigenvalue weighted by atomic mass is 16.2. The van der Waals surface area contributed by atoms with Gasteiger partial charge in [0.25, 0.3) is 0 Å². The Labute approximate surface area is 145 Å². The lowest BCUT2D eigenvalue weighted by molar-refractivity contribution is 0.159. The molecule has 0 saturated carbocycles. The Morgan fingerprint density at radius 3 is 2.96 bits per heavy atom. The summed E-state index contributed by atoms with van der Waals surface area (Å²) in [6.45, 7) is 5.80. The maximum atomic E-state index is 11.9. The molecular weight excluding hydrogens is 302 g/mol. The third kappa shape index (κ3) is 6.00. The van der Waals surface area contributed by atoms with E-state index < -0.39 is 0 Å². The number of anilines is 1. The Kier molecular flexibility index (Phi) is 7.31. The molecule has 0 aliphatic carbocycles. The zero-order valence-electron chi connectivity index (χ0n) is 15.2. The summed E-state index contributed by atoms with van der Waals surface area (Å²) in [6, 6.07) is 4.48. The lowest BCUT2D eigenvalue weighted by atomic mass is 10.0. The van der Waals surface area contributed by atoms with Gasteiger partial charge in [-0.05, 0) is 50.4 Å². The van der Waals surface area contributed by atoms with Crippen molar-refractivity contribution in [2.45, 2.75) is 45.2 Å². The number of urea groups is 1. The van der Waals surface area contributed by atoms with Crippen molar-refractivity contribution in [1.29, 1.82) is 0 Å². The van der Waals surface area contributed by atoms with Crippen molar-refractivity contribution in [3.05, 3.63) is 23.9 Å². The van der Waals surface area contributed by atoms with E-state index in [0.29, 0.717) is 19.1 Å². The molecule has 0 spiro atoms. The Morgan fingerprint density at radius 2 is 2.21 bits per heavy atom. The molecule has 1 aromatic rings. The van der Waals surface area contributed by atoms with Crippen molar-refractivity contribution in [2.24, 2.45) is 0 Å². The van der Waals surface area contributed by atoms with Crippen LogP contribution in [-0.2, 0) is 6.54 Å². The van der Waals surface area contributed by atoms with Gasteiger partial charge in [0, 0.05) is 46.0 Å². The van der Waals surface area contributed by atoms with Crippen molar-refractivity contribution >= 4 is 11.8 Å². The van der Waals surface area contributed by atoms with Crippen LogP contribution in [0.1, 0.15) is 38.2 Å². The molecule has 2 rings (SSSR count). The fourth-order valence-corrected chi connectivity index (χ4v) is 3.03. The molecule has 1 aromatic heterocycles. The number of nitrogens with zero attached hydrogens (tertiary/aromatic N) is 3. The van der Waals surface area contributed by atoms with Gasteiger partial charge in [-0.25, -0.2) is 9.78 Å². The van der Waals surface area contributed by atoms with Crippen LogP contribution >= 0.6 is 0 Å². The van der Waals surface area contributed by atoms with Crippen LogP contribution in [0.4, 0.5) is 10.6 Å². The van der Waals surface area contributed by atoms with Gasteiger partial charge in [0.1, 0.15) is 5.82 Å². The summed E-state index contributed by atoms with van der Waals surface area (Å²) in [5.74, 6) is 0.894. The van der Waals surface area contributed by atoms with Crippen molar-refractivity contribution < 1.29 is 4.79 Å². The summed E-state index contributed by atoms with van der Waals surface area (Å²) >= 11 is 0. The first-order chi connectivity index (χ1) is 11.6. The van der Waals surface area contributed by atoms with Crippen LogP contribution in [0.5, 0.6) is 0 Å². The number of carbonyl (C=O) groups excluding carboxylic acids is 1. The third-order valence-electron chi connectivity index (χ3n) is 4.57. The van der Waals surface area contributed by atoms with Crippen molar-refractivity contribution in [3.8, 4) is 0 Å². The molecule has 24 heavy (non-hydrogen) atoms. The molecular formula is C18H31N5O. The van der Waals surface area contributed by atoms with E-state index in [1.807, 2.05) is 31.1 Å². The van der Waals surface area contributed by atoms with Gasteiger partial charge in [-0.3, -0.25) is 0 Å². The molecule has 1 saturated heterocycles. The van der Waals surface area contributed by atoms with E-state index in [9.17, 15) is 4.79 Å². The Morgan fingerprint density at radius 1 is 1.38 bits per heavy atom. The summed E-state index contributed by atoms with van der Waals surface area (Å²) in [5, 5.41) is 5.84. The van der Waals surface area contributed by atoms with Gasteiger partial charge in [0.2, 0.25) is 0 Å². The number of hydrogen-bond acceptors (Lipinski definition) is 4. The highest BCUT2D eigenvalue weighted by Crippen LogP contribution is 2.16. The maximum absolute atomic E-state index is 11.9. The lowest BCUT2D eigenvalue weighted by Gasteiger charge is -2.33. The Bertz CT molecular complexity index is 520. The summed E-state index contributed by atoms with van der Waals surface area (Å²) < 4.78 is 0. The molecule has 0 bridgehead atoms. The molecule has 1 aliphatic heterocycles. The second kappa shape index (κ2) is 9.47. The first-order valence-electron chi connectivity index (χ1n) is 8.94. The van der Waals surface area contributed by atoms with E-state index in [4.69, 9.17) is 0 Å². The average Bonchev–Trinajstić information content (AvgIpc) is 2.58. The quantitative estimate of drug-likeness (QED) is 0.751. The fraction of sp³-hybridized carbons (Fsp3) is 0.667. The van der Waals surface area contributed by atoms with Gasteiger partial charge in [-0.2, -0.15) is 0 Å². The normalized spacial score (nSPS) is 18.2. The van der Waals surface area contributed by atoms with Crippen LogP contribution in [-0.4, -0.2) is 55.7 Å². The standard InChI is InChI=1S/C18H31N5O/c1-15-7-4-5-11-23(15)12-6-9-20-18(24)21-14-16-8-10-19-17(13-16)22(2)3/h8,10,13,15H,4-7,9,11-12,14H2,1-3H3,(H2,20,21,24). The highest BCUT2D eigenvalue weighted by molar-refractivity contribution is 5.73. The molecule has 2 amide bonds. The maximum Gasteiger partial charge on any atom is 0.315 e. The molecule has 2 heterocycles. The topological polar surface area (TPSA) is 60.5 Å².